The van der Waals surface area contributed by atoms with E-state index in [4.69, 9.17) is 4.74 Å². The molecular weight excluding hydrogens is 292 g/mol. The molecule has 0 aromatic heterocycles. The van der Waals surface area contributed by atoms with Gasteiger partial charge in [0.1, 0.15) is 5.60 Å². The maximum absolute atomic E-state index is 12.6. The van der Waals surface area contributed by atoms with Gasteiger partial charge in [0, 0.05) is 0 Å². The lowest BCUT2D eigenvalue weighted by Crippen LogP contribution is -2.42. The number of carbonyl (C=O) groups is 2. The van der Waals surface area contributed by atoms with E-state index >= 15 is 0 Å². The fourth-order valence-electron chi connectivity index (χ4n) is 2.56. The van der Waals surface area contributed by atoms with Crippen molar-refractivity contribution in [2.75, 3.05) is 19.8 Å². The zero-order valence-corrected chi connectivity index (χ0v) is 14.1. The quantitative estimate of drug-likeness (QED) is 0.667. The Morgan fingerprint density at radius 1 is 1.30 bits per heavy atom. The standard InChI is InChI=1S/C18H25N2O3/c1-18(2,3)23-17(22)15(14-9-5-4-6-10-14)16(21)19-13-20-11-7-8-12-20/h4-6,9,15H,7-8,11-13H2,1-3H3,(H,19,21). The van der Waals surface area contributed by atoms with Crippen LogP contribution in [0, 0.1) is 6.07 Å². The SMILES string of the molecule is CC(C)(C)OC(=O)C(C(=O)NCN1CCCC1)c1[c]cccc1. The van der Waals surface area contributed by atoms with E-state index in [1.165, 1.54) is 0 Å². The number of carbonyl (C=O) groups excluding carboxylic acids is 2. The van der Waals surface area contributed by atoms with Gasteiger partial charge >= 0.3 is 5.97 Å². The summed E-state index contributed by atoms with van der Waals surface area (Å²) in [6, 6.07) is 9.98. The van der Waals surface area contributed by atoms with E-state index in [9.17, 15) is 9.59 Å². The Kier molecular flexibility index (Phi) is 5.77. The maximum Gasteiger partial charge on any atom is 0.323 e. The van der Waals surface area contributed by atoms with Gasteiger partial charge in [-0.05, 0) is 58.3 Å². The van der Waals surface area contributed by atoms with Gasteiger partial charge in [-0.3, -0.25) is 14.5 Å². The average molecular weight is 317 g/mol. The average Bonchev–Trinajstić information content (AvgIpc) is 2.98. The van der Waals surface area contributed by atoms with Crippen LogP contribution in [0.1, 0.15) is 45.1 Å². The molecule has 1 aliphatic heterocycles. The number of benzene rings is 1. The minimum atomic E-state index is -0.988. The van der Waals surface area contributed by atoms with Crippen LogP contribution in [0.4, 0.5) is 0 Å². The Morgan fingerprint density at radius 3 is 2.57 bits per heavy atom. The van der Waals surface area contributed by atoms with Crippen molar-refractivity contribution in [2.24, 2.45) is 0 Å². The minimum absolute atomic E-state index is 0.339. The molecule has 2 rings (SSSR count). The monoisotopic (exact) mass is 317 g/mol. The van der Waals surface area contributed by atoms with Crippen molar-refractivity contribution < 1.29 is 14.3 Å². The summed E-state index contributed by atoms with van der Waals surface area (Å²) >= 11 is 0. The van der Waals surface area contributed by atoms with Gasteiger partial charge in [0.05, 0.1) is 6.67 Å². The van der Waals surface area contributed by atoms with Crippen LogP contribution in [0.5, 0.6) is 0 Å². The molecule has 1 unspecified atom stereocenters. The summed E-state index contributed by atoms with van der Waals surface area (Å²) in [5.41, 5.74) is -0.111. The first-order valence-electron chi connectivity index (χ1n) is 8.06. The highest BCUT2D eigenvalue weighted by atomic mass is 16.6. The first-order chi connectivity index (χ1) is 10.9. The van der Waals surface area contributed by atoms with E-state index in [0.717, 1.165) is 25.9 Å². The number of amides is 1. The molecule has 5 nitrogen and oxygen atoms in total. The predicted octanol–water partition coefficient (Wildman–Crippen LogP) is 2.08. The number of hydrogen-bond donors (Lipinski definition) is 1. The third-order valence-electron chi connectivity index (χ3n) is 3.62. The fraction of sp³-hybridized carbons (Fsp3) is 0.556. The summed E-state index contributed by atoms with van der Waals surface area (Å²) in [5.74, 6) is -1.87. The first kappa shape index (κ1) is 17.5. The van der Waals surface area contributed by atoms with Crippen LogP contribution in [0.3, 0.4) is 0 Å². The lowest BCUT2D eigenvalue weighted by molar-refractivity contribution is -0.158. The Bertz CT molecular complexity index is 531. The van der Waals surface area contributed by atoms with E-state index in [0.29, 0.717) is 12.2 Å². The van der Waals surface area contributed by atoms with Gasteiger partial charge in [-0.15, -0.1) is 0 Å². The van der Waals surface area contributed by atoms with Crippen molar-refractivity contribution in [3.63, 3.8) is 0 Å². The largest absolute Gasteiger partial charge is 0.459 e. The second kappa shape index (κ2) is 7.59. The van der Waals surface area contributed by atoms with Gasteiger partial charge in [0.2, 0.25) is 5.91 Å². The van der Waals surface area contributed by atoms with E-state index in [1.54, 1.807) is 45.0 Å². The summed E-state index contributed by atoms with van der Waals surface area (Å²) in [6.07, 6.45) is 2.30. The molecule has 0 aliphatic carbocycles. The Hall–Kier alpha value is -1.88. The second-order valence-electron chi connectivity index (χ2n) is 6.81. The van der Waals surface area contributed by atoms with Crippen molar-refractivity contribution in [3.8, 4) is 0 Å². The van der Waals surface area contributed by atoms with Crippen molar-refractivity contribution in [1.82, 2.24) is 10.2 Å². The fourth-order valence-corrected chi connectivity index (χ4v) is 2.56. The maximum atomic E-state index is 12.6. The first-order valence-corrected chi connectivity index (χ1v) is 8.06. The van der Waals surface area contributed by atoms with Crippen LogP contribution in [0.2, 0.25) is 0 Å². The van der Waals surface area contributed by atoms with Crippen LogP contribution in [0.15, 0.2) is 24.3 Å². The summed E-state index contributed by atoms with van der Waals surface area (Å²) in [4.78, 5) is 27.2. The molecule has 1 amide bonds. The molecule has 1 fully saturated rings. The topological polar surface area (TPSA) is 58.6 Å². The smallest absolute Gasteiger partial charge is 0.323 e. The van der Waals surface area contributed by atoms with Crippen LogP contribution in [-0.2, 0) is 14.3 Å². The molecule has 1 aromatic carbocycles. The molecule has 1 saturated heterocycles. The third-order valence-corrected chi connectivity index (χ3v) is 3.62. The number of ether oxygens (including phenoxy) is 1. The highest BCUT2D eigenvalue weighted by Gasteiger charge is 2.33. The number of nitrogens with one attached hydrogen (secondary N) is 1. The van der Waals surface area contributed by atoms with Crippen LogP contribution in [0.25, 0.3) is 0 Å². The van der Waals surface area contributed by atoms with Gasteiger partial charge in [0.25, 0.3) is 0 Å². The lowest BCUT2D eigenvalue weighted by atomic mass is 9.98. The van der Waals surface area contributed by atoms with Crippen LogP contribution < -0.4 is 5.32 Å². The molecule has 0 spiro atoms. The van der Waals surface area contributed by atoms with Crippen LogP contribution in [-0.4, -0.2) is 42.1 Å². The van der Waals surface area contributed by atoms with E-state index < -0.39 is 17.5 Å². The van der Waals surface area contributed by atoms with Crippen molar-refractivity contribution in [3.05, 3.63) is 35.9 Å². The highest BCUT2D eigenvalue weighted by Crippen LogP contribution is 2.21. The molecule has 1 heterocycles. The van der Waals surface area contributed by atoms with Crippen molar-refractivity contribution in [2.45, 2.75) is 45.1 Å². The highest BCUT2D eigenvalue weighted by molar-refractivity contribution is 6.03. The zero-order valence-electron chi connectivity index (χ0n) is 14.1. The Labute approximate surface area is 138 Å². The lowest BCUT2D eigenvalue weighted by Gasteiger charge is -2.24. The second-order valence-corrected chi connectivity index (χ2v) is 6.81. The molecule has 0 bridgehead atoms. The summed E-state index contributed by atoms with van der Waals surface area (Å²) in [5, 5.41) is 2.86. The molecule has 1 aliphatic rings. The molecule has 1 N–H and O–H groups in total. The molecule has 1 atom stereocenters. The molecule has 125 valence electrons. The number of rotatable bonds is 5. The van der Waals surface area contributed by atoms with Gasteiger partial charge in [-0.25, -0.2) is 0 Å². The van der Waals surface area contributed by atoms with Gasteiger partial charge in [0.15, 0.2) is 5.92 Å². The number of hydrogen-bond acceptors (Lipinski definition) is 4. The van der Waals surface area contributed by atoms with Gasteiger partial charge in [-0.1, -0.05) is 24.3 Å². The molecule has 1 aromatic rings. The third kappa shape index (κ3) is 5.36. The van der Waals surface area contributed by atoms with Crippen LogP contribution >= 0.6 is 0 Å². The van der Waals surface area contributed by atoms with E-state index in [-0.39, 0.29) is 5.91 Å². The number of esters is 1. The van der Waals surface area contributed by atoms with E-state index in [1.807, 2.05) is 0 Å². The normalized spacial score (nSPS) is 16.8. The van der Waals surface area contributed by atoms with Crippen molar-refractivity contribution >= 4 is 11.9 Å². The van der Waals surface area contributed by atoms with Gasteiger partial charge in [-0.2, -0.15) is 0 Å². The summed E-state index contributed by atoms with van der Waals surface area (Å²) in [6.45, 7) is 7.80. The van der Waals surface area contributed by atoms with E-state index in [2.05, 4.69) is 16.3 Å². The molecule has 23 heavy (non-hydrogen) atoms. The number of nitrogens with zero attached hydrogens (tertiary/aromatic N) is 1. The molecule has 5 heteroatoms. The van der Waals surface area contributed by atoms with Gasteiger partial charge < -0.3 is 10.1 Å². The molecular formula is C18H25N2O3. The molecule has 0 saturated carbocycles. The molecule has 1 radical (unpaired) electrons. The predicted molar refractivity (Wildman–Crippen MR) is 87.7 cm³/mol. The minimum Gasteiger partial charge on any atom is -0.459 e. The summed E-state index contributed by atoms with van der Waals surface area (Å²) < 4.78 is 5.41. The number of likely N-dealkylation sites (tertiary alicyclic amines) is 1. The van der Waals surface area contributed by atoms with Crippen molar-refractivity contribution in [1.29, 1.82) is 0 Å². The zero-order chi connectivity index (χ0) is 16.9. The Morgan fingerprint density at radius 2 is 2.00 bits per heavy atom. The summed E-state index contributed by atoms with van der Waals surface area (Å²) in [7, 11) is 0. The Balaban J connectivity index is 2.09.